The van der Waals surface area contributed by atoms with Crippen LogP contribution < -0.4 is 0 Å². The average Bonchev–Trinajstić information content (AvgIpc) is 2.76. The molecule has 0 spiro atoms. The quantitative estimate of drug-likeness (QED) is 0.899. The van der Waals surface area contributed by atoms with E-state index in [1.165, 1.54) is 6.07 Å². The minimum atomic E-state index is -0.907. The summed E-state index contributed by atoms with van der Waals surface area (Å²) in [6.45, 7) is 2.71. The van der Waals surface area contributed by atoms with E-state index in [4.69, 9.17) is 0 Å². The molecule has 20 heavy (non-hydrogen) atoms. The summed E-state index contributed by atoms with van der Waals surface area (Å²) in [6, 6.07) is 3.64. The molecule has 0 saturated heterocycles. The van der Waals surface area contributed by atoms with Gasteiger partial charge in [0.15, 0.2) is 11.6 Å². The van der Waals surface area contributed by atoms with Crippen molar-refractivity contribution in [3.63, 3.8) is 0 Å². The maximum atomic E-state index is 13.2. The van der Waals surface area contributed by atoms with E-state index in [0.29, 0.717) is 22.3 Å². The van der Waals surface area contributed by atoms with Crippen LogP contribution in [0.1, 0.15) is 30.7 Å². The van der Waals surface area contributed by atoms with Gasteiger partial charge in [-0.05, 0) is 40.0 Å². The number of benzene rings is 1. The van der Waals surface area contributed by atoms with E-state index in [-0.39, 0.29) is 6.42 Å². The fourth-order valence-electron chi connectivity index (χ4n) is 2.08. The van der Waals surface area contributed by atoms with Crippen LogP contribution in [0.4, 0.5) is 8.78 Å². The van der Waals surface area contributed by atoms with Crippen LogP contribution in [0.3, 0.4) is 0 Å². The molecular formula is C14H15BrF2N2O. The first-order valence-electron chi connectivity index (χ1n) is 6.36. The molecule has 0 aliphatic carbocycles. The predicted molar refractivity (Wildman–Crippen MR) is 75.2 cm³/mol. The van der Waals surface area contributed by atoms with Crippen LogP contribution in [0.25, 0.3) is 0 Å². The van der Waals surface area contributed by atoms with Gasteiger partial charge in [0, 0.05) is 13.0 Å². The van der Waals surface area contributed by atoms with Crippen molar-refractivity contribution in [2.24, 2.45) is 0 Å². The summed E-state index contributed by atoms with van der Waals surface area (Å²) in [4.78, 5) is 0. The monoisotopic (exact) mass is 344 g/mol. The van der Waals surface area contributed by atoms with Crippen LogP contribution in [0.2, 0.25) is 0 Å². The Morgan fingerprint density at radius 2 is 2.10 bits per heavy atom. The molecule has 1 aromatic heterocycles. The van der Waals surface area contributed by atoms with Crippen LogP contribution in [0.15, 0.2) is 28.9 Å². The van der Waals surface area contributed by atoms with E-state index in [1.807, 2.05) is 6.92 Å². The summed E-state index contributed by atoms with van der Waals surface area (Å²) >= 11 is 3.35. The highest BCUT2D eigenvalue weighted by atomic mass is 79.9. The van der Waals surface area contributed by atoms with Gasteiger partial charge < -0.3 is 5.11 Å². The van der Waals surface area contributed by atoms with Crippen LogP contribution in [-0.2, 0) is 13.0 Å². The highest BCUT2D eigenvalue weighted by Gasteiger charge is 2.18. The Balaban J connectivity index is 2.21. The molecule has 0 fully saturated rings. The number of rotatable bonds is 5. The number of hydrogen-bond donors (Lipinski definition) is 1. The molecule has 2 aromatic rings. The number of hydrogen-bond acceptors (Lipinski definition) is 2. The van der Waals surface area contributed by atoms with Crippen LogP contribution in [-0.4, -0.2) is 14.9 Å². The maximum Gasteiger partial charge on any atom is 0.159 e. The van der Waals surface area contributed by atoms with Gasteiger partial charge in [-0.2, -0.15) is 5.10 Å². The van der Waals surface area contributed by atoms with Gasteiger partial charge >= 0.3 is 0 Å². The van der Waals surface area contributed by atoms with E-state index in [9.17, 15) is 13.9 Å². The lowest BCUT2D eigenvalue weighted by molar-refractivity contribution is 0.165. The first kappa shape index (κ1) is 15.1. The summed E-state index contributed by atoms with van der Waals surface area (Å²) in [6.07, 6.45) is 1.88. The smallest absolute Gasteiger partial charge is 0.159 e. The standard InChI is InChI=1S/C14H15BrF2N2O/c1-2-5-19-14(10(15)8-18-19)13(20)7-9-3-4-11(16)12(17)6-9/h3-4,6,8,13,20H,2,5,7H2,1H3. The third kappa shape index (κ3) is 3.24. The number of nitrogens with zero attached hydrogens (tertiary/aromatic N) is 2. The second kappa shape index (κ2) is 6.45. The SMILES string of the molecule is CCCn1ncc(Br)c1C(O)Cc1ccc(F)c(F)c1. The van der Waals surface area contributed by atoms with Gasteiger partial charge in [0.25, 0.3) is 0 Å². The van der Waals surface area contributed by atoms with Crippen molar-refractivity contribution < 1.29 is 13.9 Å². The number of aliphatic hydroxyl groups excluding tert-OH is 1. The molecule has 0 bridgehead atoms. The van der Waals surface area contributed by atoms with Crippen LogP contribution in [0.5, 0.6) is 0 Å². The number of aryl methyl sites for hydroxylation is 1. The van der Waals surface area contributed by atoms with Crippen molar-refractivity contribution in [3.8, 4) is 0 Å². The van der Waals surface area contributed by atoms with E-state index < -0.39 is 17.7 Å². The van der Waals surface area contributed by atoms with Crippen molar-refractivity contribution in [1.82, 2.24) is 9.78 Å². The molecule has 1 aromatic carbocycles. The molecule has 1 unspecified atom stereocenters. The third-order valence-electron chi connectivity index (χ3n) is 3.00. The molecule has 0 aliphatic rings. The van der Waals surface area contributed by atoms with Gasteiger partial charge in [0.05, 0.1) is 16.4 Å². The summed E-state index contributed by atoms with van der Waals surface area (Å²) < 4.78 is 28.5. The lowest BCUT2D eigenvalue weighted by Gasteiger charge is -2.14. The van der Waals surface area contributed by atoms with Gasteiger partial charge in [-0.1, -0.05) is 13.0 Å². The van der Waals surface area contributed by atoms with Crippen molar-refractivity contribution in [2.75, 3.05) is 0 Å². The van der Waals surface area contributed by atoms with Crippen molar-refractivity contribution in [1.29, 1.82) is 0 Å². The zero-order chi connectivity index (χ0) is 14.7. The molecule has 0 amide bonds. The molecule has 0 radical (unpaired) electrons. The highest BCUT2D eigenvalue weighted by Crippen LogP contribution is 2.26. The second-order valence-corrected chi connectivity index (χ2v) is 5.42. The first-order valence-corrected chi connectivity index (χ1v) is 7.15. The molecule has 1 atom stereocenters. The first-order chi connectivity index (χ1) is 9.52. The zero-order valence-electron chi connectivity index (χ0n) is 11.0. The predicted octanol–water partition coefficient (Wildman–Crippen LogP) is 3.61. The number of aliphatic hydroxyl groups is 1. The van der Waals surface area contributed by atoms with Gasteiger partial charge in [0.1, 0.15) is 6.10 Å². The molecule has 3 nitrogen and oxygen atoms in total. The summed E-state index contributed by atoms with van der Waals surface area (Å²) in [5.41, 5.74) is 1.18. The Labute approximate surface area is 124 Å². The number of aromatic nitrogens is 2. The largest absolute Gasteiger partial charge is 0.386 e. The van der Waals surface area contributed by atoms with Crippen LogP contribution in [0, 0.1) is 11.6 Å². The molecule has 1 heterocycles. The minimum absolute atomic E-state index is 0.200. The van der Waals surface area contributed by atoms with Gasteiger partial charge in [0.2, 0.25) is 0 Å². The molecule has 2 rings (SSSR count). The Morgan fingerprint density at radius 3 is 2.75 bits per heavy atom. The normalized spacial score (nSPS) is 12.7. The average molecular weight is 345 g/mol. The minimum Gasteiger partial charge on any atom is -0.386 e. The van der Waals surface area contributed by atoms with Crippen molar-refractivity contribution >= 4 is 15.9 Å². The van der Waals surface area contributed by atoms with Crippen molar-refractivity contribution in [2.45, 2.75) is 32.4 Å². The molecule has 0 saturated carbocycles. The Bertz CT molecular complexity index is 601. The molecule has 6 heteroatoms. The highest BCUT2D eigenvalue weighted by molar-refractivity contribution is 9.10. The molecule has 1 N–H and O–H groups in total. The topological polar surface area (TPSA) is 38.0 Å². The lowest BCUT2D eigenvalue weighted by atomic mass is 10.1. The van der Waals surface area contributed by atoms with E-state index in [2.05, 4.69) is 21.0 Å². The Morgan fingerprint density at radius 1 is 1.35 bits per heavy atom. The second-order valence-electron chi connectivity index (χ2n) is 4.57. The van der Waals surface area contributed by atoms with E-state index >= 15 is 0 Å². The van der Waals surface area contributed by atoms with Crippen molar-refractivity contribution in [3.05, 3.63) is 51.8 Å². The molecule has 108 valence electrons. The van der Waals surface area contributed by atoms with Gasteiger partial charge in [-0.25, -0.2) is 8.78 Å². The number of halogens is 3. The summed E-state index contributed by atoms with van der Waals surface area (Å²) in [5, 5.41) is 14.5. The molecule has 0 aliphatic heterocycles. The summed E-state index contributed by atoms with van der Waals surface area (Å²) in [5.74, 6) is -1.80. The summed E-state index contributed by atoms with van der Waals surface area (Å²) in [7, 11) is 0. The third-order valence-corrected chi connectivity index (χ3v) is 3.61. The van der Waals surface area contributed by atoms with E-state index in [0.717, 1.165) is 18.6 Å². The Hall–Kier alpha value is -1.27. The lowest BCUT2D eigenvalue weighted by Crippen LogP contribution is -2.11. The van der Waals surface area contributed by atoms with E-state index in [1.54, 1.807) is 10.9 Å². The molecular weight excluding hydrogens is 330 g/mol. The van der Waals surface area contributed by atoms with Crippen LogP contribution >= 0.6 is 15.9 Å². The fraction of sp³-hybridized carbons (Fsp3) is 0.357. The maximum absolute atomic E-state index is 13.2. The van der Waals surface area contributed by atoms with Gasteiger partial charge in [-0.15, -0.1) is 0 Å². The fourth-order valence-corrected chi connectivity index (χ4v) is 2.64. The Kier molecular flexibility index (Phi) is 4.88. The zero-order valence-corrected chi connectivity index (χ0v) is 12.6. The van der Waals surface area contributed by atoms with Gasteiger partial charge in [-0.3, -0.25) is 4.68 Å².